The molecule has 1 fully saturated rings. The Kier molecular flexibility index (Phi) is 9.26. The molecule has 2 aromatic heterocycles. The number of nitrogens with one attached hydrogen (secondary N) is 1. The molecule has 3 heterocycles. The number of hydrogen-bond acceptors (Lipinski definition) is 10. The number of rotatable bonds is 12. The molecule has 0 radical (unpaired) electrons. The van der Waals surface area contributed by atoms with E-state index in [0.717, 1.165) is 16.7 Å². The van der Waals surface area contributed by atoms with Crippen molar-refractivity contribution >= 4 is 28.9 Å². The lowest BCUT2D eigenvalue weighted by atomic mass is 9.77. The summed E-state index contributed by atoms with van der Waals surface area (Å²) in [5, 5.41) is 23.3. The van der Waals surface area contributed by atoms with Gasteiger partial charge in [-0.2, -0.15) is 14.4 Å². The highest BCUT2D eigenvalue weighted by Crippen LogP contribution is 2.42. The van der Waals surface area contributed by atoms with Crippen LogP contribution in [0.4, 0.5) is 10.2 Å². The van der Waals surface area contributed by atoms with Crippen molar-refractivity contribution in [3.63, 3.8) is 0 Å². The van der Waals surface area contributed by atoms with Gasteiger partial charge in [0.15, 0.2) is 22.6 Å². The van der Waals surface area contributed by atoms with E-state index in [9.17, 15) is 14.7 Å². The van der Waals surface area contributed by atoms with Crippen LogP contribution in [0.5, 0.6) is 5.75 Å². The topological polar surface area (TPSA) is 158 Å². The average Bonchev–Trinajstić information content (AvgIpc) is 3.70. The standard InChI is InChI=1S/C36H32FN5O7/c1-3-35(21-48-30(46)19-18-29(44)45)27(43)20-28(49-35)42-22-38-31-32(39-34(37)40-33(31)42)41-36(23-10-6-4-7-11-23,24-12-8-5-9-13-24)25-14-16-26(47-2)17-15-25/h1,4-17,22,27-28,43H,18-21H2,2H3,(H,44,45)(H,39,40,41)/t27-,28+,35+/m0/s1. The van der Waals surface area contributed by atoms with Gasteiger partial charge in [0, 0.05) is 6.42 Å². The fraction of sp³-hybridized carbons (Fsp3) is 0.250. The summed E-state index contributed by atoms with van der Waals surface area (Å²) in [4.78, 5) is 35.7. The number of nitrogens with zero attached hydrogens (tertiary/aromatic N) is 4. The highest BCUT2D eigenvalue weighted by molar-refractivity contribution is 5.84. The third-order valence-corrected chi connectivity index (χ3v) is 8.49. The maximum atomic E-state index is 15.4. The second-order valence-electron chi connectivity index (χ2n) is 11.4. The van der Waals surface area contributed by atoms with E-state index < -0.39 is 54.5 Å². The maximum absolute atomic E-state index is 15.4. The van der Waals surface area contributed by atoms with Crippen LogP contribution in [0.1, 0.15) is 42.2 Å². The highest BCUT2D eigenvalue weighted by atomic mass is 19.1. The van der Waals surface area contributed by atoms with Crippen LogP contribution < -0.4 is 10.1 Å². The number of halogens is 1. The van der Waals surface area contributed by atoms with Crippen LogP contribution in [0.15, 0.2) is 91.3 Å². The minimum Gasteiger partial charge on any atom is -0.497 e. The number of aromatic nitrogens is 4. The van der Waals surface area contributed by atoms with Gasteiger partial charge in [0.25, 0.3) is 0 Å². The number of imidazole rings is 1. The minimum absolute atomic E-state index is 0.0585. The van der Waals surface area contributed by atoms with E-state index in [1.165, 1.54) is 10.9 Å². The molecule has 3 N–H and O–H groups in total. The molecule has 0 amide bonds. The van der Waals surface area contributed by atoms with Crippen LogP contribution >= 0.6 is 0 Å². The quantitative estimate of drug-likeness (QED) is 0.0749. The van der Waals surface area contributed by atoms with Gasteiger partial charge in [0.2, 0.25) is 0 Å². The van der Waals surface area contributed by atoms with Crippen molar-refractivity contribution in [3.05, 3.63) is 114 Å². The molecule has 0 saturated carbocycles. The van der Waals surface area contributed by atoms with Crippen LogP contribution in [0, 0.1) is 18.4 Å². The second-order valence-corrected chi connectivity index (χ2v) is 11.4. The molecule has 3 aromatic carbocycles. The molecule has 0 aliphatic carbocycles. The minimum atomic E-state index is -1.75. The molecule has 5 aromatic rings. The third kappa shape index (κ3) is 6.39. The molecular formula is C36H32FN5O7. The number of aliphatic hydroxyl groups excluding tert-OH is 1. The Labute approximate surface area is 280 Å². The number of ether oxygens (including phenoxy) is 3. The molecular weight excluding hydrogens is 633 g/mol. The van der Waals surface area contributed by atoms with E-state index in [4.69, 9.17) is 25.7 Å². The van der Waals surface area contributed by atoms with Crippen LogP contribution in [0.2, 0.25) is 0 Å². The van der Waals surface area contributed by atoms with E-state index in [2.05, 4.69) is 26.2 Å². The van der Waals surface area contributed by atoms with Gasteiger partial charge in [-0.05, 0) is 28.8 Å². The van der Waals surface area contributed by atoms with E-state index >= 15 is 4.39 Å². The van der Waals surface area contributed by atoms with E-state index in [0.29, 0.717) is 5.75 Å². The Balaban J connectivity index is 1.40. The summed E-state index contributed by atoms with van der Waals surface area (Å²) in [6.45, 7) is -0.527. The van der Waals surface area contributed by atoms with E-state index in [1.54, 1.807) is 7.11 Å². The Morgan fingerprint density at radius 2 is 1.67 bits per heavy atom. The van der Waals surface area contributed by atoms with Crippen molar-refractivity contribution in [2.75, 3.05) is 19.0 Å². The molecule has 0 spiro atoms. The number of carbonyl (C=O) groups excluding carboxylic acids is 1. The molecule has 12 nitrogen and oxygen atoms in total. The first-order chi connectivity index (χ1) is 23.7. The summed E-state index contributed by atoms with van der Waals surface area (Å²) in [7, 11) is 1.58. The molecule has 0 unspecified atom stereocenters. The fourth-order valence-corrected chi connectivity index (χ4v) is 5.99. The lowest BCUT2D eigenvalue weighted by Gasteiger charge is -2.37. The fourth-order valence-electron chi connectivity index (χ4n) is 5.99. The number of carbonyl (C=O) groups is 2. The van der Waals surface area contributed by atoms with Gasteiger partial charge in [0.1, 0.15) is 30.2 Å². The van der Waals surface area contributed by atoms with Gasteiger partial charge in [-0.15, -0.1) is 6.42 Å². The molecule has 3 atom stereocenters. The number of carboxylic acid groups (broad SMARTS) is 1. The Bertz CT molecular complexity index is 1960. The number of methoxy groups -OCH3 is 1. The van der Waals surface area contributed by atoms with Gasteiger partial charge in [-0.1, -0.05) is 78.7 Å². The summed E-state index contributed by atoms with van der Waals surface area (Å²) in [5.41, 5.74) is -0.122. The number of aliphatic hydroxyl groups is 1. The van der Waals surface area contributed by atoms with Crippen molar-refractivity contribution in [2.24, 2.45) is 0 Å². The van der Waals surface area contributed by atoms with Gasteiger partial charge >= 0.3 is 18.0 Å². The summed E-state index contributed by atoms with van der Waals surface area (Å²) in [6, 6.07) is 26.8. The maximum Gasteiger partial charge on any atom is 0.312 e. The molecule has 13 heteroatoms. The van der Waals surface area contributed by atoms with Gasteiger partial charge in [-0.25, -0.2) is 4.98 Å². The number of carboxylic acids is 1. The monoisotopic (exact) mass is 665 g/mol. The van der Waals surface area contributed by atoms with Gasteiger partial charge in [-0.3, -0.25) is 14.2 Å². The van der Waals surface area contributed by atoms with Gasteiger partial charge in [0.05, 0.1) is 26.3 Å². The summed E-state index contributed by atoms with van der Waals surface area (Å²) < 4.78 is 33.5. The number of fused-ring (bicyclic) bond motifs is 1. The van der Waals surface area contributed by atoms with Crippen molar-refractivity contribution in [2.45, 2.75) is 42.7 Å². The van der Waals surface area contributed by atoms with Crippen molar-refractivity contribution < 1.29 is 38.4 Å². The zero-order valence-electron chi connectivity index (χ0n) is 26.3. The number of terminal acetylenes is 1. The largest absolute Gasteiger partial charge is 0.497 e. The first-order valence-corrected chi connectivity index (χ1v) is 15.3. The predicted molar refractivity (Wildman–Crippen MR) is 175 cm³/mol. The molecule has 250 valence electrons. The van der Waals surface area contributed by atoms with Crippen LogP contribution in [-0.4, -0.2) is 67.1 Å². The molecule has 1 aliphatic heterocycles. The lowest BCUT2D eigenvalue weighted by molar-refractivity contribution is -0.158. The van der Waals surface area contributed by atoms with Crippen molar-refractivity contribution in [3.8, 4) is 18.1 Å². The Morgan fingerprint density at radius 3 is 2.27 bits per heavy atom. The van der Waals surface area contributed by atoms with Crippen LogP contribution in [0.3, 0.4) is 0 Å². The van der Waals surface area contributed by atoms with Crippen LogP contribution in [0.25, 0.3) is 11.2 Å². The van der Waals surface area contributed by atoms with Gasteiger partial charge < -0.3 is 29.7 Å². The number of anilines is 1. The lowest BCUT2D eigenvalue weighted by Crippen LogP contribution is -2.43. The molecule has 0 bridgehead atoms. The van der Waals surface area contributed by atoms with Crippen molar-refractivity contribution in [1.29, 1.82) is 0 Å². The third-order valence-electron chi connectivity index (χ3n) is 8.49. The first kappa shape index (κ1) is 33.1. The molecule has 6 rings (SSSR count). The number of aliphatic carboxylic acids is 1. The predicted octanol–water partition coefficient (Wildman–Crippen LogP) is 4.44. The normalized spacial score (nSPS) is 18.9. The van der Waals surface area contributed by atoms with Crippen LogP contribution in [-0.2, 0) is 24.6 Å². The number of benzene rings is 3. The number of hydrogen-bond donors (Lipinski definition) is 3. The SMILES string of the molecule is C#C[C@]1(COC(=O)CCC(=O)O)O[C@@H](n2cnc3c(NC(c4ccccc4)(c4ccccc4)c4ccc(OC)cc4)nc(F)nc32)C[C@@H]1O. The average molecular weight is 666 g/mol. The summed E-state index contributed by atoms with van der Waals surface area (Å²) in [5.74, 6) is 1.14. The Hall–Kier alpha value is -5.84. The molecule has 49 heavy (non-hydrogen) atoms. The smallest absolute Gasteiger partial charge is 0.312 e. The Morgan fingerprint density at radius 1 is 1.04 bits per heavy atom. The zero-order valence-corrected chi connectivity index (χ0v) is 26.3. The summed E-state index contributed by atoms with van der Waals surface area (Å²) in [6.07, 6.45) is 2.94. The summed E-state index contributed by atoms with van der Waals surface area (Å²) >= 11 is 0. The highest BCUT2D eigenvalue weighted by Gasteiger charge is 2.49. The second kappa shape index (κ2) is 13.7. The first-order valence-electron chi connectivity index (χ1n) is 15.3. The molecule has 1 saturated heterocycles. The van der Waals surface area contributed by atoms with E-state index in [-0.39, 0.29) is 29.8 Å². The zero-order chi connectivity index (χ0) is 34.6. The molecule has 1 aliphatic rings. The van der Waals surface area contributed by atoms with Crippen molar-refractivity contribution in [1.82, 2.24) is 19.5 Å². The number of esters is 1. The van der Waals surface area contributed by atoms with E-state index in [1.807, 2.05) is 84.9 Å².